The fraction of sp³-hybridized carbons (Fsp3) is 0.600. The molecule has 0 aromatic carbocycles. The first kappa shape index (κ1) is 22.1. The van der Waals surface area contributed by atoms with Crippen LogP contribution in [0.25, 0.3) is 10.8 Å². The van der Waals surface area contributed by atoms with Gasteiger partial charge in [0, 0.05) is 37.6 Å². The first-order valence-electron chi connectivity index (χ1n) is 10.4. The molecule has 2 aliphatic rings. The van der Waals surface area contributed by atoms with Crippen molar-refractivity contribution in [3.8, 4) is 10.8 Å². The zero-order valence-corrected chi connectivity index (χ0v) is 17.8. The molecule has 1 aliphatic carbocycles. The fourth-order valence-electron chi connectivity index (χ4n) is 4.35. The minimum absolute atomic E-state index is 0.0290. The van der Waals surface area contributed by atoms with E-state index >= 15 is 0 Å². The van der Waals surface area contributed by atoms with Gasteiger partial charge in [-0.3, -0.25) is 9.69 Å². The van der Waals surface area contributed by atoms with Crippen molar-refractivity contribution in [1.82, 2.24) is 25.2 Å². The van der Waals surface area contributed by atoms with Gasteiger partial charge in [-0.05, 0) is 18.9 Å². The second kappa shape index (κ2) is 9.17. The van der Waals surface area contributed by atoms with Crippen LogP contribution >= 0.6 is 11.3 Å². The molecule has 2 aromatic rings. The highest BCUT2D eigenvalue weighted by molar-refractivity contribution is 7.17. The SMILES string of the molecule is O=C(NCC1(N2CCOCC2)CCCCC1)c1sc(-c2ncccn2)nc1C(F)(F)F. The fourth-order valence-corrected chi connectivity index (χ4v) is 5.30. The number of morpholine rings is 1. The van der Waals surface area contributed by atoms with Crippen molar-refractivity contribution < 1.29 is 22.7 Å². The van der Waals surface area contributed by atoms with Gasteiger partial charge in [0.05, 0.1) is 13.2 Å². The Morgan fingerprint density at radius 2 is 1.84 bits per heavy atom. The van der Waals surface area contributed by atoms with Crippen molar-refractivity contribution in [2.45, 2.75) is 43.8 Å². The average molecular weight is 456 g/mol. The molecule has 1 aliphatic heterocycles. The number of thiazole rings is 1. The highest BCUT2D eigenvalue weighted by atomic mass is 32.1. The molecule has 4 rings (SSSR count). The first-order valence-corrected chi connectivity index (χ1v) is 11.2. The third kappa shape index (κ3) is 4.88. The van der Waals surface area contributed by atoms with E-state index in [1.165, 1.54) is 12.4 Å². The van der Waals surface area contributed by atoms with E-state index in [1.54, 1.807) is 6.07 Å². The predicted molar refractivity (Wildman–Crippen MR) is 109 cm³/mol. The van der Waals surface area contributed by atoms with Crippen molar-refractivity contribution in [3.05, 3.63) is 29.0 Å². The van der Waals surface area contributed by atoms with Crippen LogP contribution in [0.15, 0.2) is 18.5 Å². The molecule has 0 radical (unpaired) electrons. The summed E-state index contributed by atoms with van der Waals surface area (Å²) >= 11 is 0.667. The average Bonchev–Trinajstić information content (AvgIpc) is 3.26. The van der Waals surface area contributed by atoms with Gasteiger partial charge in [-0.25, -0.2) is 15.0 Å². The van der Waals surface area contributed by atoms with Crippen LogP contribution in [-0.2, 0) is 10.9 Å². The van der Waals surface area contributed by atoms with Crippen molar-refractivity contribution >= 4 is 17.2 Å². The Morgan fingerprint density at radius 1 is 1.16 bits per heavy atom. The molecule has 1 N–H and O–H groups in total. The number of amides is 1. The predicted octanol–water partition coefficient (Wildman–Crippen LogP) is 3.38. The van der Waals surface area contributed by atoms with Crippen LogP contribution in [0.2, 0.25) is 0 Å². The molecule has 1 saturated carbocycles. The molecule has 2 fully saturated rings. The van der Waals surface area contributed by atoms with E-state index in [9.17, 15) is 18.0 Å². The number of rotatable bonds is 5. The number of alkyl halides is 3. The Kier molecular flexibility index (Phi) is 6.54. The number of nitrogens with one attached hydrogen (secondary N) is 1. The van der Waals surface area contributed by atoms with Crippen molar-refractivity contribution in [1.29, 1.82) is 0 Å². The van der Waals surface area contributed by atoms with E-state index in [1.807, 2.05) is 0 Å². The largest absolute Gasteiger partial charge is 0.435 e. The van der Waals surface area contributed by atoms with Crippen molar-refractivity contribution in [2.75, 3.05) is 32.8 Å². The smallest absolute Gasteiger partial charge is 0.379 e. The highest BCUT2D eigenvalue weighted by Gasteiger charge is 2.42. The molecule has 168 valence electrons. The summed E-state index contributed by atoms with van der Waals surface area (Å²) in [4.78, 5) is 26.3. The lowest BCUT2D eigenvalue weighted by Gasteiger charge is -2.48. The molecule has 2 aromatic heterocycles. The third-order valence-corrected chi connectivity index (χ3v) is 6.95. The van der Waals surface area contributed by atoms with Crippen LogP contribution in [0.5, 0.6) is 0 Å². The molecule has 0 spiro atoms. The summed E-state index contributed by atoms with van der Waals surface area (Å²) < 4.78 is 46.3. The van der Waals surface area contributed by atoms with Crippen LogP contribution in [0.1, 0.15) is 47.5 Å². The lowest BCUT2D eigenvalue weighted by molar-refractivity contribution is -0.141. The van der Waals surface area contributed by atoms with Gasteiger partial charge in [-0.1, -0.05) is 19.3 Å². The second-order valence-electron chi connectivity index (χ2n) is 7.83. The maximum absolute atomic E-state index is 13.6. The lowest BCUT2D eigenvalue weighted by Crippen LogP contribution is -2.59. The maximum atomic E-state index is 13.6. The topological polar surface area (TPSA) is 80.2 Å². The Hall–Kier alpha value is -2.11. The molecule has 0 unspecified atom stereocenters. The van der Waals surface area contributed by atoms with E-state index in [-0.39, 0.29) is 16.4 Å². The monoisotopic (exact) mass is 455 g/mol. The van der Waals surface area contributed by atoms with Gasteiger partial charge < -0.3 is 10.1 Å². The number of carbonyl (C=O) groups excluding carboxylic acids is 1. The summed E-state index contributed by atoms with van der Waals surface area (Å²) in [5.41, 5.74) is -1.44. The first-order chi connectivity index (χ1) is 14.9. The van der Waals surface area contributed by atoms with Gasteiger partial charge in [-0.15, -0.1) is 11.3 Å². The van der Waals surface area contributed by atoms with E-state index in [2.05, 4.69) is 25.2 Å². The Balaban J connectivity index is 1.56. The van der Waals surface area contributed by atoms with Crippen LogP contribution < -0.4 is 5.32 Å². The standard InChI is InChI=1S/C20H24F3N5O2S/c21-20(22,23)15-14(31-18(27-15)16-24-7-4-8-25-16)17(29)26-13-19(5-2-1-3-6-19)28-9-11-30-12-10-28/h4,7-8H,1-3,5-6,9-13H2,(H,26,29). The molecule has 0 bridgehead atoms. The van der Waals surface area contributed by atoms with E-state index in [0.717, 1.165) is 45.2 Å². The molecule has 1 saturated heterocycles. The van der Waals surface area contributed by atoms with Crippen molar-refractivity contribution in [3.63, 3.8) is 0 Å². The summed E-state index contributed by atoms with van der Waals surface area (Å²) in [5, 5.41) is 2.76. The van der Waals surface area contributed by atoms with E-state index < -0.39 is 22.7 Å². The summed E-state index contributed by atoms with van der Waals surface area (Å²) in [7, 11) is 0. The number of nitrogens with zero attached hydrogens (tertiary/aromatic N) is 4. The van der Waals surface area contributed by atoms with Crippen molar-refractivity contribution in [2.24, 2.45) is 0 Å². The van der Waals surface area contributed by atoms with Crippen LogP contribution in [0, 0.1) is 0 Å². The quantitative estimate of drug-likeness (QED) is 0.745. The maximum Gasteiger partial charge on any atom is 0.435 e. The minimum Gasteiger partial charge on any atom is -0.379 e. The Bertz CT molecular complexity index is 894. The number of hydrogen-bond donors (Lipinski definition) is 1. The van der Waals surface area contributed by atoms with Gasteiger partial charge in [0.1, 0.15) is 4.88 Å². The molecule has 31 heavy (non-hydrogen) atoms. The summed E-state index contributed by atoms with van der Waals surface area (Å²) in [5.74, 6) is -0.695. The Labute approximate surface area is 182 Å². The van der Waals surface area contributed by atoms with Gasteiger partial charge in [0.25, 0.3) is 5.91 Å². The second-order valence-corrected chi connectivity index (χ2v) is 8.83. The van der Waals surface area contributed by atoms with E-state index in [4.69, 9.17) is 4.74 Å². The minimum atomic E-state index is -4.75. The molecular formula is C20H24F3N5O2S. The highest BCUT2D eigenvalue weighted by Crippen LogP contribution is 2.38. The summed E-state index contributed by atoms with van der Waals surface area (Å²) in [6.07, 6.45) is 3.12. The van der Waals surface area contributed by atoms with Gasteiger partial charge >= 0.3 is 6.18 Å². The van der Waals surface area contributed by atoms with Gasteiger partial charge in [0.2, 0.25) is 0 Å². The van der Waals surface area contributed by atoms with E-state index in [0.29, 0.717) is 31.1 Å². The number of ether oxygens (including phenoxy) is 1. The van der Waals surface area contributed by atoms with Crippen LogP contribution in [0.3, 0.4) is 0 Å². The molecule has 7 nitrogen and oxygen atoms in total. The molecular weight excluding hydrogens is 431 g/mol. The lowest BCUT2D eigenvalue weighted by atomic mass is 9.79. The zero-order valence-electron chi connectivity index (χ0n) is 17.0. The molecule has 0 atom stereocenters. The summed E-state index contributed by atoms with van der Waals surface area (Å²) in [6.45, 7) is 3.09. The number of aromatic nitrogens is 3. The molecule has 1 amide bonds. The summed E-state index contributed by atoms with van der Waals surface area (Å²) in [6, 6.07) is 1.56. The third-order valence-electron chi connectivity index (χ3n) is 5.90. The number of carbonyl (C=O) groups is 1. The van der Waals surface area contributed by atoms with Crippen LogP contribution in [0.4, 0.5) is 13.2 Å². The number of hydrogen-bond acceptors (Lipinski definition) is 7. The zero-order chi connectivity index (χ0) is 21.9. The normalized spacial score (nSPS) is 19.8. The van der Waals surface area contributed by atoms with Crippen LogP contribution in [-0.4, -0.2) is 64.1 Å². The van der Waals surface area contributed by atoms with Gasteiger partial charge in [0.15, 0.2) is 16.5 Å². The molecule has 3 heterocycles. The Morgan fingerprint density at radius 3 is 2.48 bits per heavy atom. The molecule has 11 heteroatoms. The number of halogens is 3. The van der Waals surface area contributed by atoms with Gasteiger partial charge in [-0.2, -0.15) is 13.2 Å².